The second-order valence-corrected chi connectivity index (χ2v) is 7.04. The van der Waals surface area contributed by atoms with Gasteiger partial charge in [-0.25, -0.2) is 0 Å². The molecule has 2 aliphatic heterocycles. The van der Waals surface area contributed by atoms with Gasteiger partial charge in [-0.1, -0.05) is 38.1 Å². The van der Waals surface area contributed by atoms with E-state index in [1.54, 1.807) is 11.8 Å². The first-order valence-electron chi connectivity index (χ1n) is 6.76. The molecule has 0 bridgehead atoms. The molecule has 3 rings (SSSR count). The molecular formula is C15H20N2OS. The van der Waals surface area contributed by atoms with Crippen LogP contribution in [0.25, 0.3) is 0 Å². The molecule has 102 valence electrons. The van der Waals surface area contributed by atoms with Crippen LogP contribution >= 0.6 is 11.8 Å². The number of carbonyl (C=O) groups is 1. The first-order chi connectivity index (χ1) is 9.08. The maximum Gasteiger partial charge on any atom is 0.240 e. The molecule has 1 N–H and O–H groups in total. The molecule has 1 aromatic carbocycles. The van der Waals surface area contributed by atoms with Crippen molar-refractivity contribution < 1.29 is 4.79 Å². The minimum Gasteiger partial charge on any atom is -0.336 e. The molecule has 19 heavy (non-hydrogen) atoms. The summed E-state index contributed by atoms with van der Waals surface area (Å²) >= 11 is 1.80. The van der Waals surface area contributed by atoms with Crippen molar-refractivity contribution in [2.24, 2.45) is 0 Å². The lowest BCUT2D eigenvalue weighted by Crippen LogP contribution is -2.51. The average molecular weight is 276 g/mol. The summed E-state index contributed by atoms with van der Waals surface area (Å²) in [4.78, 5) is 14.6. The van der Waals surface area contributed by atoms with Crippen molar-refractivity contribution in [1.29, 1.82) is 0 Å². The third kappa shape index (κ3) is 2.39. The van der Waals surface area contributed by atoms with E-state index in [-0.39, 0.29) is 17.4 Å². The predicted molar refractivity (Wildman–Crippen MR) is 79.1 cm³/mol. The van der Waals surface area contributed by atoms with Crippen molar-refractivity contribution in [2.75, 3.05) is 18.2 Å². The van der Waals surface area contributed by atoms with E-state index in [0.717, 1.165) is 24.7 Å². The highest BCUT2D eigenvalue weighted by molar-refractivity contribution is 7.99. The number of nitrogens with one attached hydrogen (secondary N) is 1. The van der Waals surface area contributed by atoms with Crippen LogP contribution in [0.2, 0.25) is 0 Å². The Hall–Kier alpha value is -1.00. The Morgan fingerprint density at radius 3 is 2.95 bits per heavy atom. The lowest BCUT2D eigenvalue weighted by Gasteiger charge is -2.40. The summed E-state index contributed by atoms with van der Waals surface area (Å²) in [5, 5.41) is 3.28. The van der Waals surface area contributed by atoms with Gasteiger partial charge in [0.15, 0.2) is 0 Å². The van der Waals surface area contributed by atoms with Gasteiger partial charge in [-0.05, 0) is 11.1 Å². The number of carbonyl (C=O) groups excluding carboxylic acids is 1. The Morgan fingerprint density at radius 1 is 1.42 bits per heavy atom. The Morgan fingerprint density at radius 2 is 2.21 bits per heavy atom. The van der Waals surface area contributed by atoms with E-state index in [0.29, 0.717) is 0 Å². The zero-order chi connectivity index (χ0) is 13.5. The summed E-state index contributed by atoms with van der Waals surface area (Å²) in [5.41, 5.74) is 2.71. The number of nitrogens with zero attached hydrogens (tertiary/aromatic N) is 1. The van der Waals surface area contributed by atoms with Gasteiger partial charge in [0.05, 0.1) is 6.04 Å². The van der Waals surface area contributed by atoms with E-state index in [1.807, 2.05) is 4.90 Å². The first-order valence-corrected chi connectivity index (χ1v) is 7.92. The van der Waals surface area contributed by atoms with Crippen LogP contribution in [0.4, 0.5) is 0 Å². The van der Waals surface area contributed by atoms with E-state index in [4.69, 9.17) is 0 Å². The molecule has 1 fully saturated rings. The monoisotopic (exact) mass is 276 g/mol. The van der Waals surface area contributed by atoms with Crippen LogP contribution in [0.3, 0.4) is 0 Å². The van der Waals surface area contributed by atoms with Crippen LogP contribution in [0.1, 0.15) is 25.0 Å². The fraction of sp³-hybridized carbons (Fsp3) is 0.533. The fourth-order valence-corrected chi connectivity index (χ4v) is 4.01. The summed E-state index contributed by atoms with van der Waals surface area (Å²) in [6.07, 6.45) is 0. The van der Waals surface area contributed by atoms with Gasteiger partial charge in [0.2, 0.25) is 5.91 Å². The van der Waals surface area contributed by atoms with Crippen molar-refractivity contribution in [3.63, 3.8) is 0 Å². The van der Waals surface area contributed by atoms with Crippen LogP contribution in [0.5, 0.6) is 0 Å². The maximum absolute atomic E-state index is 12.5. The Bertz CT molecular complexity index is 495. The van der Waals surface area contributed by atoms with Gasteiger partial charge in [0.1, 0.15) is 0 Å². The van der Waals surface area contributed by atoms with E-state index in [2.05, 4.69) is 43.4 Å². The minimum atomic E-state index is 0.00561. The number of amides is 1. The van der Waals surface area contributed by atoms with Crippen molar-refractivity contribution in [3.8, 4) is 0 Å². The number of thioether (sulfide) groups is 1. The van der Waals surface area contributed by atoms with Crippen molar-refractivity contribution in [1.82, 2.24) is 10.2 Å². The molecule has 1 aromatic rings. The van der Waals surface area contributed by atoms with E-state index >= 15 is 0 Å². The summed E-state index contributed by atoms with van der Waals surface area (Å²) in [5.74, 6) is 2.05. The molecule has 1 unspecified atom stereocenters. The van der Waals surface area contributed by atoms with E-state index in [9.17, 15) is 4.79 Å². The standard InChI is InChI=1S/C15H20N2OS/c1-15(2)9-17(14(18)13-8-19-10-16-13)7-11-5-3-4-6-12(11)15/h3-6,13,16H,7-10H2,1-2H3. The van der Waals surface area contributed by atoms with Crippen LogP contribution in [0.15, 0.2) is 24.3 Å². The van der Waals surface area contributed by atoms with Gasteiger partial charge in [0.25, 0.3) is 0 Å². The van der Waals surface area contributed by atoms with Gasteiger partial charge in [0, 0.05) is 30.1 Å². The molecule has 3 nitrogen and oxygen atoms in total. The minimum absolute atomic E-state index is 0.00561. The van der Waals surface area contributed by atoms with E-state index in [1.165, 1.54) is 11.1 Å². The number of hydrogen-bond donors (Lipinski definition) is 1. The van der Waals surface area contributed by atoms with Gasteiger partial charge in [-0.2, -0.15) is 0 Å². The normalized spacial score (nSPS) is 25.2. The number of benzene rings is 1. The van der Waals surface area contributed by atoms with Gasteiger partial charge in [-0.3, -0.25) is 10.1 Å². The largest absolute Gasteiger partial charge is 0.336 e. The molecule has 0 spiro atoms. The Balaban J connectivity index is 1.85. The first kappa shape index (κ1) is 13.0. The molecule has 4 heteroatoms. The van der Waals surface area contributed by atoms with Gasteiger partial charge < -0.3 is 4.90 Å². The summed E-state index contributed by atoms with van der Waals surface area (Å²) in [6, 6.07) is 8.50. The predicted octanol–water partition coefficient (Wildman–Crippen LogP) is 1.97. The molecule has 0 aromatic heterocycles. The quantitative estimate of drug-likeness (QED) is 0.851. The summed E-state index contributed by atoms with van der Waals surface area (Å²) in [7, 11) is 0. The molecule has 2 heterocycles. The Kier molecular flexibility index (Phi) is 3.31. The summed E-state index contributed by atoms with van der Waals surface area (Å²) in [6.45, 7) is 6.01. The topological polar surface area (TPSA) is 32.3 Å². The molecule has 0 saturated carbocycles. The number of hydrogen-bond acceptors (Lipinski definition) is 3. The average Bonchev–Trinajstić information content (AvgIpc) is 2.91. The number of fused-ring (bicyclic) bond motifs is 1. The second kappa shape index (κ2) is 4.84. The smallest absolute Gasteiger partial charge is 0.240 e. The summed E-state index contributed by atoms with van der Waals surface area (Å²) < 4.78 is 0. The zero-order valence-corrected chi connectivity index (χ0v) is 12.3. The maximum atomic E-state index is 12.5. The highest BCUT2D eigenvalue weighted by atomic mass is 32.2. The molecular weight excluding hydrogens is 256 g/mol. The molecule has 0 aliphatic carbocycles. The van der Waals surface area contributed by atoms with Crippen LogP contribution in [0, 0.1) is 0 Å². The highest BCUT2D eigenvalue weighted by Gasteiger charge is 2.36. The molecule has 1 amide bonds. The van der Waals surface area contributed by atoms with Crippen LogP contribution in [-0.2, 0) is 16.8 Å². The molecule has 2 aliphatic rings. The highest BCUT2D eigenvalue weighted by Crippen LogP contribution is 2.33. The van der Waals surface area contributed by atoms with Gasteiger partial charge >= 0.3 is 0 Å². The van der Waals surface area contributed by atoms with Gasteiger partial charge in [-0.15, -0.1) is 11.8 Å². The number of rotatable bonds is 1. The lowest BCUT2D eigenvalue weighted by atomic mass is 9.78. The fourth-order valence-electron chi connectivity index (χ4n) is 3.07. The van der Waals surface area contributed by atoms with E-state index < -0.39 is 0 Å². The third-order valence-corrected chi connectivity index (χ3v) is 4.96. The Labute approximate surface area is 118 Å². The molecule has 1 saturated heterocycles. The van der Waals surface area contributed by atoms with Crippen molar-refractivity contribution in [3.05, 3.63) is 35.4 Å². The molecule has 0 radical (unpaired) electrons. The third-order valence-electron chi connectivity index (χ3n) is 4.02. The zero-order valence-electron chi connectivity index (χ0n) is 11.5. The SMILES string of the molecule is CC1(C)CN(C(=O)C2CSCN2)Cc2ccccc21. The van der Waals surface area contributed by atoms with Crippen LogP contribution < -0.4 is 5.32 Å². The lowest BCUT2D eigenvalue weighted by molar-refractivity contribution is -0.134. The molecule has 1 atom stereocenters. The van der Waals surface area contributed by atoms with Crippen molar-refractivity contribution in [2.45, 2.75) is 31.8 Å². The second-order valence-electron chi connectivity index (χ2n) is 6.01. The van der Waals surface area contributed by atoms with Crippen molar-refractivity contribution >= 4 is 17.7 Å². The van der Waals surface area contributed by atoms with Crippen LogP contribution in [-0.4, -0.2) is 35.0 Å².